The molecule has 8 amide bonds. The van der Waals surface area contributed by atoms with Gasteiger partial charge in [-0.2, -0.15) is 0 Å². The Hall–Kier alpha value is -11.4. The highest BCUT2D eigenvalue weighted by atomic mass is 16.3. The van der Waals surface area contributed by atoms with Gasteiger partial charge in [0.2, 0.25) is 0 Å². The topological polar surface area (TPSA) is 320 Å². The summed E-state index contributed by atoms with van der Waals surface area (Å²) >= 11 is 0. The highest BCUT2D eigenvalue weighted by Crippen LogP contribution is 2.28. The first kappa shape index (κ1) is 70.5. The summed E-state index contributed by atoms with van der Waals surface area (Å²) in [6.45, 7) is 8.09. The van der Waals surface area contributed by atoms with Gasteiger partial charge < -0.3 is 63.0 Å². The van der Waals surface area contributed by atoms with Crippen molar-refractivity contribution in [2.75, 3.05) is 65.4 Å². The molecule has 22 heteroatoms. The fourth-order valence-corrected chi connectivity index (χ4v) is 10.7. The third kappa shape index (κ3) is 19.1. The fraction of sp³-hybridized carbons (Fsp3) is 0.243. The molecular formula is C74H80N10O12. The van der Waals surface area contributed by atoms with Gasteiger partial charge in [0, 0.05) is 65.4 Å². The number of benzene rings is 8. The van der Waals surface area contributed by atoms with E-state index in [9.17, 15) is 58.8 Å². The molecular weight excluding hydrogens is 1220 g/mol. The number of amides is 8. The van der Waals surface area contributed by atoms with Crippen LogP contribution in [0.2, 0.25) is 0 Å². The molecule has 8 aromatic carbocycles. The second-order valence-corrected chi connectivity index (χ2v) is 22.9. The molecule has 0 radical (unpaired) electrons. The Morgan fingerprint density at radius 2 is 0.438 bits per heavy atom. The second-order valence-electron chi connectivity index (χ2n) is 22.9. The standard InChI is InChI=1S/C74H80N10O12/c1-47(51-21-9-5-10-22-51)79-71(93)59-33-17-29-55(63(59)85)67(89)75-37-41-83(42-38-76-68(90)56-30-18-34-60(64(56)86)72(94)80-48(2)52-23-11-6-12-24-52)45-46-84(43-39-77-69(91)57-31-19-35-61(65(57)87)73(95)81-49(3)53-25-13-7-14-26-53)44-40-78-70(92)58-32-20-36-62(66(58)88)74(96)82-50(4)54-27-15-8-16-28-54/h5-36,47-50,85-88H,37-46H2,1-4H3,(H,75,89)(H,76,90)(H,77,91)(H,78,92)(H,79,93)(H,80,94)(H,81,95)(H,82,96)/t47-,48-,49-,50-/m1/s1. The van der Waals surface area contributed by atoms with Gasteiger partial charge in [0.25, 0.3) is 47.3 Å². The van der Waals surface area contributed by atoms with Crippen molar-refractivity contribution in [3.63, 3.8) is 0 Å². The van der Waals surface area contributed by atoms with Crippen LogP contribution >= 0.6 is 0 Å². The molecule has 8 aromatic rings. The Bertz CT molecular complexity index is 3500. The number of nitrogens with one attached hydrogen (secondary N) is 8. The van der Waals surface area contributed by atoms with Crippen molar-refractivity contribution >= 4 is 47.3 Å². The van der Waals surface area contributed by atoms with E-state index in [0.717, 1.165) is 22.3 Å². The monoisotopic (exact) mass is 1300 g/mol. The van der Waals surface area contributed by atoms with Crippen molar-refractivity contribution < 1.29 is 58.8 Å². The van der Waals surface area contributed by atoms with E-state index >= 15 is 0 Å². The number of aromatic hydroxyl groups is 4. The summed E-state index contributed by atoms with van der Waals surface area (Å²) in [5.41, 5.74) is 2.25. The van der Waals surface area contributed by atoms with Crippen LogP contribution < -0.4 is 42.5 Å². The zero-order valence-corrected chi connectivity index (χ0v) is 53.8. The van der Waals surface area contributed by atoms with Crippen LogP contribution in [0.3, 0.4) is 0 Å². The van der Waals surface area contributed by atoms with Crippen LogP contribution in [-0.2, 0) is 0 Å². The Morgan fingerprint density at radius 1 is 0.260 bits per heavy atom. The van der Waals surface area contributed by atoms with E-state index in [1.54, 1.807) is 27.7 Å². The summed E-state index contributed by atoms with van der Waals surface area (Å²) in [7, 11) is 0. The molecule has 0 aliphatic carbocycles. The molecule has 0 heterocycles. The first-order chi connectivity index (χ1) is 46.3. The molecule has 0 aliphatic heterocycles. The summed E-state index contributed by atoms with van der Waals surface area (Å²) in [6, 6.07) is 52.3. The van der Waals surface area contributed by atoms with Gasteiger partial charge in [0.15, 0.2) is 0 Å². The number of phenols is 4. The summed E-state index contributed by atoms with van der Waals surface area (Å²) in [5.74, 6) is -7.24. The summed E-state index contributed by atoms with van der Waals surface area (Å²) in [6.07, 6.45) is 0. The number of carbonyl (C=O) groups excluding carboxylic acids is 8. The van der Waals surface area contributed by atoms with E-state index in [1.807, 2.05) is 131 Å². The van der Waals surface area contributed by atoms with Crippen LogP contribution in [0.1, 0.15) is 157 Å². The second kappa shape index (κ2) is 34.5. The maximum Gasteiger partial charge on any atom is 0.255 e. The van der Waals surface area contributed by atoms with Crippen LogP contribution in [0.4, 0.5) is 0 Å². The third-order valence-electron chi connectivity index (χ3n) is 16.3. The van der Waals surface area contributed by atoms with E-state index in [2.05, 4.69) is 42.5 Å². The minimum absolute atomic E-state index is 0.0172. The predicted molar refractivity (Wildman–Crippen MR) is 364 cm³/mol. The lowest BCUT2D eigenvalue weighted by Crippen LogP contribution is -2.46. The lowest BCUT2D eigenvalue weighted by Gasteiger charge is -2.28. The molecule has 0 fully saturated rings. The van der Waals surface area contributed by atoms with Crippen LogP contribution in [0.15, 0.2) is 194 Å². The highest BCUT2D eigenvalue weighted by Gasteiger charge is 2.26. The molecule has 0 saturated carbocycles. The van der Waals surface area contributed by atoms with Gasteiger partial charge in [-0.1, -0.05) is 146 Å². The number of hydrogen-bond acceptors (Lipinski definition) is 14. The zero-order valence-electron chi connectivity index (χ0n) is 53.8. The van der Waals surface area contributed by atoms with Gasteiger partial charge >= 0.3 is 0 Å². The summed E-state index contributed by atoms with van der Waals surface area (Å²) in [4.78, 5) is 113. The van der Waals surface area contributed by atoms with Gasteiger partial charge in [-0.3, -0.25) is 48.2 Å². The molecule has 498 valence electrons. The van der Waals surface area contributed by atoms with Crippen molar-refractivity contribution in [2.24, 2.45) is 0 Å². The number of phenolic OH excluding ortho intramolecular Hbond substituents is 4. The third-order valence-corrected chi connectivity index (χ3v) is 16.3. The van der Waals surface area contributed by atoms with Crippen molar-refractivity contribution in [1.29, 1.82) is 0 Å². The Morgan fingerprint density at radius 3 is 0.625 bits per heavy atom. The normalized spacial score (nSPS) is 12.3. The number of nitrogens with zero attached hydrogens (tertiary/aromatic N) is 2. The van der Waals surface area contributed by atoms with Gasteiger partial charge in [-0.25, -0.2) is 0 Å². The minimum Gasteiger partial charge on any atom is -0.506 e. The van der Waals surface area contributed by atoms with Crippen LogP contribution in [0.5, 0.6) is 23.0 Å². The maximum atomic E-state index is 13.8. The Balaban J connectivity index is 0.983. The molecule has 0 aliphatic rings. The first-order valence-corrected chi connectivity index (χ1v) is 31.6. The number of hydrogen-bond donors (Lipinski definition) is 12. The quantitative estimate of drug-likeness (QED) is 0.0195. The van der Waals surface area contributed by atoms with Gasteiger partial charge in [0.05, 0.1) is 68.7 Å². The van der Waals surface area contributed by atoms with Gasteiger partial charge in [-0.15, -0.1) is 0 Å². The molecule has 4 atom stereocenters. The Labute approximate surface area is 557 Å². The molecule has 0 aromatic heterocycles. The van der Waals surface area contributed by atoms with Crippen molar-refractivity contribution in [2.45, 2.75) is 51.9 Å². The molecule has 96 heavy (non-hydrogen) atoms. The summed E-state index contributed by atoms with van der Waals surface area (Å²) < 4.78 is 0. The minimum atomic E-state index is -0.685. The average molecular weight is 1300 g/mol. The largest absolute Gasteiger partial charge is 0.506 e. The molecule has 22 nitrogen and oxygen atoms in total. The smallest absolute Gasteiger partial charge is 0.255 e. The van der Waals surface area contributed by atoms with Crippen LogP contribution in [0, 0.1) is 0 Å². The first-order valence-electron chi connectivity index (χ1n) is 31.6. The van der Waals surface area contributed by atoms with Gasteiger partial charge in [0.1, 0.15) is 23.0 Å². The molecule has 0 bridgehead atoms. The lowest BCUT2D eigenvalue weighted by molar-refractivity contribution is 0.0912. The molecule has 0 unspecified atom stereocenters. The van der Waals surface area contributed by atoms with Crippen LogP contribution in [0.25, 0.3) is 0 Å². The lowest BCUT2D eigenvalue weighted by atomic mass is 10.1. The maximum absolute atomic E-state index is 13.8. The molecule has 12 N–H and O–H groups in total. The Kier molecular flexibility index (Phi) is 25.4. The fourth-order valence-electron chi connectivity index (χ4n) is 10.7. The van der Waals surface area contributed by atoms with Crippen LogP contribution in [-0.4, -0.2) is 143 Å². The van der Waals surface area contributed by atoms with E-state index in [1.165, 1.54) is 72.8 Å². The predicted octanol–water partition coefficient (Wildman–Crippen LogP) is 8.10. The van der Waals surface area contributed by atoms with Crippen molar-refractivity contribution in [3.8, 4) is 23.0 Å². The molecule has 8 rings (SSSR count). The van der Waals surface area contributed by atoms with Crippen molar-refractivity contribution in [1.82, 2.24) is 52.3 Å². The van der Waals surface area contributed by atoms with E-state index in [-0.39, 0.29) is 110 Å². The molecule has 0 saturated heterocycles. The van der Waals surface area contributed by atoms with Crippen molar-refractivity contribution in [3.05, 3.63) is 261 Å². The highest BCUT2D eigenvalue weighted by molar-refractivity contribution is 6.07. The molecule has 0 spiro atoms. The van der Waals surface area contributed by atoms with E-state index in [0.29, 0.717) is 0 Å². The van der Waals surface area contributed by atoms with E-state index < -0.39 is 94.4 Å². The van der Waals surface area contributed by atoms with E-state index in [4.69, 9.17) is 0 Å². The zero-order chi connectivity index (χ0) is 68.7. The average Bonchev–Trinajstić information content (AvgIpc) is 0.918. The number of carbonyl (C=O) groups is 8. The summed E-state index contributed by atoms with van der Waals surface area (Å²) in [5, 5.41) is 68.0. The van der Waals surface area contributed by atoms with Gasteiger partial charge in [-0.05, 0) is 98.5 Å². The number of rotatable bonds is 31. The number of para-hydroxylation sites is 4. The SMILES string of the molecule is C[C@@H](NC(=O)c1cccc(C(=O)NCCN(CCNC(=O)c2cccc(C(=O)N[C@H](C)c3ccccc3)c2O)CCN(CCNC(=O)c2cccc(C(=O)N[C@H](C)c3ccccc3)c2O)CCNC(=O)c2cccc(C(=O)N[C@H](C)c3ccccc3)c2O)c1O)c1ccccc1.